The minimum Gasteiger partial charge on any atom is -0.492 e. The van der Waals surface area contributed by atoms with E-state index in [1.165, 1.54) is 0 Å². The Morgan fingerprint density at radius 1 is 1.16 bits per heavy atom. The van der Waals surface area contributed by atoms with Crippen LogP contribution in [0.5, 0.6) is 11.5 Å². The van der Waals surface area contributed by atoms with E-state index in [0.717, 1.165) is 51.1 Å². The molecule has 2 heterocycles. The van der Waals surface area contributed by atoms with Crippen molar-refractivity contribution in [3.8, 4) is 33.9 Å². The van der Waals surface area contributed by atoms with Crippen molar-refractivity contribution in [3.63, 3.8) is 0 Å². The first-order valence-electron chi connectivity index (χ1n) is 12.9. The average molecular weight is 513 g/mol. The zero-order valence-corrected chi connectivity index (χ0v) is 21.6. The van der Waals surface area contributed by atoms with E-state index in [4.69, 9.17) is 14.6 Å². The molecule has 1 aromatic heterocycles. The number of fused-ring (bicyclic) bond motifs is 2. The molecule has 0 fully saturated rings. The van der Waals surface area contributed by atoms with Crippen molar-refractivity contribution >= 4 is 5.97 Å². The number of carbonyl (C=O) groups is 1. The molecule has 1 aliphatic carbocycles. The standard InChI is InChI=1S/C31H29FN2O4/c1-17-12-19(26-10-11-33-34(26)3)13-18(2)30(17)23-6-8-25(32)31-24(23)7-9-27(31)38-21-4-5-22-20(14-29(35)36)16-37-28(22)15-21/h4-6,8,10-13,15,20,27H,7,9,14,16H2,1-3H3,(H,35,36)/t20-,27-/m1/s1. The fraction of sp³-hybridized carbons (Fsp3) is 0.290. The molecule has 0 bridgehead atoms. The molecule has 38 heavy (non-hydrogen) atoms. The lowest BCUT2D eigenvalue weighted by Gasteiger charge is -2.19. The summed E-state index contributed by atoms with van der Waals surface area (Å²) in [5, 5.41) is 13.4. The SMILES string of the molecule is Cc1cc(-c2ccnn2C)cc(C)c1-c1ccc(F)c2c1CC[C@H]2Oc1ccc2c(c1)OC[C@H]2CC(=O)O. The summed E-state index contributed by atoms with van der Waals surface area (Å²) in [6.07, 6.45) is 2.81. The van der Waals surface area contributed by atoms with Gasteiger partial charge in [0.25, 0.3) is 0 Å². The molecule has 2 aliphatic rings. The van der Waals surface area contributed by atoms with E-state index in [1.54, 1.807) is 18.3 Å². The van der Waals surface area contributed by atoms with Gasteiger partial charge in [-0.1, -0.05) is 12.1 Å². The first-order valence-corrected chi connectivity index (χ1v) is 12.9. The minimum atomic E-state index is -0.849. The van der Waals surface area contributed by atoms with E-state index in [9.17, 15) is 4.79 Å². The Kier molecular flexibility index (Phi) is 5.94. The molecule has 2 atom stereocenters. The van der Waals surface area contributed by atoms with Gasteiger partial charge in [-0.2, -0.15) is 5.10 Å². The Morgan fingerprint density at radius 2 is 1.95 bits per heavy atom. The van der Waals surface area contributed by atoms with Gasteiger partial charge in [-0.3, -0.25) is 9.48 Å². The second kappa shape index (κ2) is 9.31. The minimum absolute atomic E-state index is 0.0269. The highest BCUT2D eigenvalue weighted by molar-refractivity contribution is 5.79. The Hall–Kier alpha value is -4.13. The van der Waals surface area contributed by atoms with Gasteiger partial charge in [0.05, 0.1) is 18.7 Å². The Morgan fingerprint density at radius 3 is 2.66 bits per heavy atom. The molecule has 3 aromatic carbocycles. The van der Waals surface area contributed by atoms with Crippen molar-refractivity contribution in [2.24, 2.45) is 7.05 Å². The molecule has 1 N–H and O–H groups in total. The Bertz CT molecular complexity index is 1550. The molecule has 6 rings (SSSR count). The fourth-order valence-electron chi connectivity index (χ4n) is 6.09. The van der Waals surface area contributed by atoms with Crippen molar-refractivity contribution < 1.29 is 23.8 Å². The summed E-state index contributed by atoms with van der Waals surface area (Å²) in [4.78, 5) is 11.1. The number of nitrogens with zero attached hydrogens (tertiary/aromatic N) is 2. The first kappa shape index (κ1) is 24.2. The van der Waals surface area contributed by atoms with Crippen LogP contribution in [0.1, 0.15) is 52.7 Å². The number of hydrogen-bond acceptors (Lipinski definition) is 4. The van der Waals surface area contributed by atoms with Crippen LogP contribution in [0.15, 0.2) is 54.7 Å². The van der Waals surface area contributed by atoms with Crippen molar-refractivity contribution in [1.82, 2.24) is 9.78 Å². The lowest BCUT2D eigenvalue weighted by atomic mass is 9.88. The summed E-state index contributed by atoms with van der Waals surface area (Å²) >= 11 is 0. The lowest BCUT2D eigenvalue weighted by Crippen LogP contribution is -2.07. The summed E-state index contributed by atoms with van der Waals surface area (Å²) in [5.41, 5.74) is 9.07. The highest BCUT2D eigenvalue weighted by Crippen LogP contribution is 2.45. The fourth-order valence-corrected chi connectivity index (χ4v) is 6.09. The maximum Gasteiger partial charge on any atom is 0.304 e. The molecule has 4 aromatic rings. The van der Waals surface area contributed by atoms with E-state index in [2.05, 4.69) is 31.1 Å². The number of hydrogen-bond donors (Lipinski definition) is 1. The first-order chi connectivity index (χ1) is 18.3. The van der Waals surface area contributed by atoms with Crippen LogP contribution in [0.4, 0.5) is 4.39 Å². The van der Waals surface area contributed by atoms with Crippen LogP contribution in [-0.4, -0.2) is 27.5 Å². The van der Waals surface area contributed by atoms with E-state index in [-0.39, 0.29) is 18.2 Å². The molecule has 0 saturated heterocycles. The molecule has 194 valence electrons. The third-order valence-electron chi connectivity index (χ3n) is 7.77. The molecule has 6 nitrogen and oxygen atoms in total. The maximum absolute atomic E-state index is 15.3. The molecule has 7 heteroatoms. The zero-order chi connectivity index (χ0) is 26.6. The zero-order valence-electron chi connectivity index (χ0n) is 21.6. The quantitative estimate of drug-likeness (QED) is 0.318. The molecular weight excluding hydrogens is 483 g/mol. The number of carboxylic acids is 1. The summed E-state index contributed by atoms with van der Waals surface area (Å²) in [6.45, 7) is 4.54. The van der Waals surface area contributed by atoms with Crippen molar-refractivity contribution in [3.05, 3.63) is 88.4 Å². The summed E-state index contributed by atoms with van der Waals surface area (Å²) in [7, 11) is 1.93. The average Bonchev–Trinajstić information content (AvgIpc) is 3.59. The molecular formula is C31H29FN2O4. The monoisotopic (exact) mass is 512 g/mol. The maximum atomic E-state index is 15.3. The Labute approximate surface area is 220 Å². The molecule has 0 unspecified atom stereocenters. The lowest BCUT2D eigenvalue weighted by molar-refractivity contribution is -0.137. The van der Waals surface area contributed by atoms with Crippen molar-refractivity contribution in [2.75, 3.05) is 6.61 Å². The van der Waals surface area contributed by atoms with Gasteiger partial charge in [0, 0.05) is 41.9 Å². The second-order valence-electron chi connectivity index (χ2n) is 10.3. The highest BCUT2D eigenvalue weighted by atomic mass is 19.1. The van der Waals surface area contributed by atoms with Crippen molar-refractivity contribution in [2.45, 2.75) is 45.1 Å². The van der Waals surface area contributed by atoms with Crippen LogP contribution in [0.3, 0.4) is 0 Å². The van der Waals surface area contributed by atoms with Crippen LogP contribution in [0.25, 0.3) is 22.4 Å². The third-order valence-corrected chi connectivity index (χ3v) is 7.77. The second-order valence-corrected chi connectivity index (χ2v) is 10.3. The smallest absolute Gasteiger partial charge is 0.304 e. The molecule has 0 saturated carbocycles. The van der Waals surface area contributed by atoms with E-state index < -0.39 is 12.1 Å². The largest absolute Gasteiger partial charge is 0.492 e. The van der Waals surface area contributed by atoms with E-state index >= 15 is 4.39 Å². The molecule has 0 spiro atoms. The van der Waals surface area contributed by atoms with Crippen LogP contribution in [0.2, 0.25) is 0 Å². The predicted molar refractivity (Wildman–Crippen MR) is 142 cm³/mol. The summed E-state index contributed by atoms with van der Waals surface area (Å²) in [5.74, 6) is -0.0413. The summed E-state index contributed by atoms with van der Waals surface area (Å²) in [6, 6.07) is 15.3. The molecule has 0 radical (unpaired) electrons. The number of aromatic nitrogens is 2. The number of halogens is 1. The van der Waals surface area contributed by atoms with Gasteiger partial charge in [0.1, 0.15) is 23.4 Å². The van der Waals surface area contributed by atoms with Gasteiger partial charge in [-0.15, -0.1) is 0 Å². The van der Waals surface area contributed by atoms with Crippen LogP contribution in [0, 0.1) is 19.7 Å². The van der Waals surface area contributed by atoms with Crippen molar-refractivity contribution in [1.29, 1.82) is 0 Å². The van der Waals surface area contributed by atoms with Crippen LogP contribution >= 0.6 is 0 Å². The number of rotatable bonds is 6. The molecule has 0 amide bonds. The van der Waals surface area contributed by atoms with Crippen LogP contribution < -0.4 is 9.47 Å². The number of aliphatic carboxylic acids is 1. The number of benzene rings is 3. The third kappa shape index (κ3) is 4.12. The number of aryl methyl sites for hydroxylation is 3. The number of carboxylic acid groups (broad SMARTS) is 1. The van der Waals surface area contributed by atoms with E-state index in [0.29, 0.717) is 30.1 Å². The van der Waals surface area contributed by atoms with Gasteiger partial charge < -0.3 is 14.6 Å². The van der Waals surface area contributed by atoms with Gasteiger partial charge in [-0.05, 0) is 84.8 Å². The highest BCUT2D eigenvalue weighted by Gasteiger charge is 2.32. The number of ether oxygens (including phenoxy) is 2. The summed E-state index contributed by atoms with van der Waals surface area (Å²) < 4.78 is 29.2. The topological polar surface area (TPSA) is 73.6 Å². The van der Waals surface area contributed by atoms with Gasteiger partial charge in [0.2, 0.25) is 0 Å². The predicted octanol–water partition coefficient (Wildman–Crippen LogP) is 6.53. The van der Waals surface area contributed by atoms with Gasteiger partial charge in [0.15, 0.2) is 0 Å². The molecule has 1 aliphatic heterocycles. The van der Waals surface area contributed by atoms with E-state index in [1.807, 2.05) is 36.0 Å². The van der Waals surface area contributed by atoms with Gasteiger partial charge in [-0.25, -0.2) is 4.39 Å². The van der Waals surface area contributed by atoms with Gasteiger partial charge >= 0.3 is 5.97 Å². The Balaban J connectivity index is 1.31. The normalized spacial score (nSPS) is 17.7. The van der Waals surface area contributed by atoms with Crippen LogP contribution in [-0.2, 0) is 18.3 Å².